The molecule has 2 aliphatic heterocycles. The summed E-state index contributed by atoms with van der Waals surface area (Å²) in [5.74, 6) is 0.795. The smallest absolute Gasteiger partial charge is 0.240 e. The molecule has 22 heavy (non-hydrogen) atoms. The summed E-state index contributed by atoms with van der Waals surface area (Å²) >= 11 is 5.82. The summed E-state index contributed by atoms with van der Waals surface area (Å²) in [4.78, 5) is 23.1. The molecule has 2 aliphatic rings. The molecule has 0 radical (unpaired) electrons. The van der Waals surface area contributed by atoms with Crippen molar-refractivity contribution in [1.82, 2.24) is 20.6 Å². The van der Waals surface area contributed by atoms with Gasteiger partial charge in [0.05, 0.1) is 17.4 Å². The number of carbonyl (C=O) groups excluding carboxylic acids is 1. The number of aromatic nitrogens is 2. The molecule has 3 rings (SSSR count). The van der Waals surface area contributed by atoms with E-state index in [-0.39, 0.29) is 11.3 Å². The topological polar surface area (TPSA) is 70.2 Å². The molecule has 0 bridgehead atoms. The van der Waals surface area contributed by atoms with E-state index in [1.165, 1.54) is 0 Å². The maximum absolute atomic E-state index is 12.5. The van der Waals surface area contributed by atoms with Crippen LogP contribution >= 0.6 is 11.6 Å². The lowest BCUT2D eigenvalue weighted by Gasteiger charge is -2.40. The first-order chi connectivity index (χ1) is 10.4. The summed E-state index contributed by atoms with van der Waals surface area (Å²) in [6.07, 6.45) is 4.71. The highest BCUT2D eigenvalue weighted by molar-refractivity contribution is 6.30. The van der Waals surface area contributed by atoms with Crippen molar-refractivity contribution in [3.63, 3.8) is 0 Å². The minimum atomic E-state index is -0.462. The van der Waals surface area contributed by atoms with Crippen LogP contribution in [0.4, 0.5) is 5.95 Å². The molecule has 2 N–H and O–H groups in total. The van der Waals surface area contributed by atoms with Crippen molar-refractivity contribution in [2.75, 3.05) is 31.1 Å². The fourth-order valence-electron chi connectivity index (χ4n) is 3.00. The standard InChI is InChI=1S/C15H22ClN5O/c1-14(2)9-19-12(22)15(20-10-14)3-5-21(6-4-15)13-17-7-11(16)8-18-13/h7-8,20H,3-6,9-10H2,1-2H3,(H,19,22). The number of hydrogen-bond donors (Lipinski definition) is 2. The third-order valence-electron chi connectivity index (χ3n) is 4.57. The summed E-state index contributed by atoms with van der Waals surface area (Å²) < 4.78 is 0. The third-order valence-corrected chi connectivity index (χ3v) is 4.77. The Hall–Kier alpha value is -1.40. The molecule has 0 saturated carbocycles. The van der Waals surface area contributed by atoms with E-state index in [4.69, 9.17) is 11.6 Å². The summed E-state index contributed by atoms with van der Waals surface area (Å²) in [6.45, 7) is 7.38. The first-order valence-corrected chi connectivity index (χ1v) is 8.04. The fourth-order valence-corrected chi connectivity index (χ4v) is 3.10. The van der Waals surface area contributed by atoms with Gasteiger partial charge in [0.25, 0.3) is 0 Å². The van der Waals surface area contributed by atoms with Crippen LogP contribution in [0, 0.1) is 5.41 Å². The number of rotatable bonds is 1. The van der Waals surface area contributed by atoms with Crippen LogP contribution in [0.2, 0.25) is 5.02 Å². The van der Waals surface area contributed by atoms with Gasteiger partial charge in [0.1, 0.15) is 5.54 Å². The largest absolute Gasteiger partial charge is 0.354 e. The number of halogens is 1. The molecule has 6 nitrogen and oxygen atoms in total. The molecule has 0 unspecified atom stereocenters. The van der Waals surface area contributed by atoms with Crippen LogP contribution in [-0.2, 0) is 4.79 Å². The number of nitrogens with zero attached hydrogens (tertiary/aromatic N) is 3. The lowest BCUT2D eigenvalue weighted by Crippen LogP contribution is -2.60. The average molecular weight is 324 g/mol. The van der Waals surface area contributed by atoms with Crippen molar-refractivity contribution in [2.45, 2.75) is 32.2 Å². The maximum Gasteiger partial charge on any atom is 0.240 e. The predicted molar refractivity (Wildman–Crippen MR) is 86.0 cm³/mol. The Morgan fingerprint density at radius 3 is 2.45 bits per heavy atom. The van der Waals surface area contributed by atoms with Crippen LogP contribution in [0.25, 0.3) is 0 Å². The molecular formula is C15H22ClN5O. The maximum atomic E-state index is 12.5. The Balaban J connectivity index is 1.70. The minimum Gasteiger partial charge on any atom is -0.354 e. The van der Waals surface area contributed by atoms with Gasteiger partial charge in [0.2, 0.25) is 11.9 Å². The van der Waals surface area contributed by atoms with Gasteiger partial charge in [-0.25, -0.2) is 9.97 Å². The number of carbonyl (C=O) groups is 1. The molecule has 0 aliphatic carbocycles. The quantitative estimate of drug-likeness (QED) is 0.813. The Labute approximate surface area is 135 Å². The number of hydrogen-bond acceptors (Lipinski definition) is 5. The molecule has 1 aromatic rings. The zero-order valence-corrected chi connectivity index (χ0v) is 13.8. The fraction of sp³-hybridized carbons (Fsp3) is 0.667. The minimum absolute atomic E-state index is 0.0790. The van der Waals surface area contributed by atoms with Crippen molar-refractivity contribution < 1.29 is 4.79 Å². The lowest BCUT2D eigenvalue weighted by molar-refractivity contribution is -0.127. The van der Waals surface area contributed by atoms with Crippen molar-refractivity contribution in [2.24, 2.45) is 5.41 Å². The van der Waals surface area contributed by atoms with E-state index < -0.39 is 5.54 Å². The summed E-state index contributed by atoms with van der Waals surface area (Å²) in [5, 5.41) is 7.14. The van der Waals surface area contributed by atoms with Crippen LogP contribution in [0.15, 0.2) is 12.4 Å². The van der Waals surface area contributed by atoms with Crippen molar-refractivity contribution in [3.8, 4) is 0 Å². The Kier molecular flexibility index (Phi) is 3.99. The molecule has 1 spiro atoms. The first kappa shape index (κ1) is 15.5. The number of amides is 1. The average Bonchev–Trinajstić information content (AvgIpc) is 2.62. The number of anilines is 1. The van der Waals surface area contributed by atoms with Gasteiger partial charge < -0.3 is 15.5 Å². The van der Waals surface area contributed by atoms with Gasteiger partial charge in [-0.15, -0.1) is 0 Å². The van der Waals surface area contributed by atoms with Gasteiger partial charge in [0, 0.05) is 26.2 Å². The summed E-state index contributed by atoms with van der Waals surface area (Å²) in [5.41, 5.74) is -0.383. The van der Waals surface area contributed by atoms with Crippen LogP contribution in [0.5, 0.6) is 0 Å². The molecule has 2 saturated heterocycles. The van der Waals surface area contributed by atoms with Gasteiger partial charge in [0.15, 0.2) is 0 Å². The van der Waals surface area contributed by atoms with E-state index in [1.807, 2.05) is 0 Å². The molecule has 0 aromatic carbocycles. The molecule has 0 atom stereocenters. The molecule has 7 heteroatoms. The zero-order valence-electron chi connectivity index (χ0n) is 13.0. The van der Waals surface area contributed by atoms with Crippen LogP contribution < -0.4 is 15.5 Å². The van der Waals surface area contributed by atoms with E-state index in [9.17, 15) is 4.79 Å². The Morgan fingerprint density at radius 1 is 1.18 bits per heavy atom. The van der Waals surface area contributed by atoms with Crippen molar-refractivity contribution in [1.29, 1.82) is 0 Å². The summed E-state index contributed by atoms with van der Waals surface area (Å²) in [7, 11) is 0. The van der Waals surface area contributed by atoms with Gasteiger partial charge in [-0.1, -0.05) is 25.4 Å². The lowest BCUT2D eigenvalue weighted by atomic mass is 9.86. The van der Waals surface area contributed by atoms with E-state index in [0.29, 0.717) is 17.5 Å². The monoisotopic (exact) mass is 323 g/mol. The van der Waals surface area contributed by atoms with Crippen molar-refractivity contribution in [3.05, 3.63) is 17.4 Å². The van der Waals surface area contributed by atoms with Gasteiger partial charge in [-0.2, -0.15) is 0 Å². The van der Waals surface area contributed by atoms with Crippen molar-refractivity contribution >= 4 is 23.5 Å². The second kappa shape index (κ2) is 5.66. The van der Waals surface area contributed by atoms with Gasteiger partial charge in [-0.05, 0) is 18.3 Å². The first-order valence-electron chi connectivity index (χ1n) is 7.66. The van der Waals surface area contributed by atoms with Gasteiger partial charge in [-0.3, -0.25) is 4.79 Å². The molecule has 1 amide bonds. The molecular weight excluding hydrogens is 302 g/mol. The predicted octanol–water partition coefficient (Wildman–Crippen LogP) is 1.21. The highest BCUT2D eigenvalue weighted by Gasteiger charge is 2.44. The van der Waals surface area contributed by atoms with E-state index in [2.05, 4.69) is 39.3 Å². The number of nitrogens with one attached hydrogen (secondary N) is 2. The highest BCUT2D eigenvalue weighted by Crippen LogP contribution is 2.28. The van der Waals surface area contributed by atoms with E-state index >= 15 is 0 Å². The second-order valence-electron chi connectivity index (χ2n) is 6.97. The second-order valence-corrected chi connectivity index (χ2v) is 7.41. The normalized spacial score (nSPS) is 24.0. The van der Waals surface area contributed by atoms with Crippen LogP contribution in [-0.4, -0.2) is 47.6 Å². The zero-order chi connectivity index (χ0) is 15.8. The van der Waals surface area contributed by atoms with Crippen LogP contribution in [0.3, 0.4) is 0 Å². The van der Waals surface area contributed by atoms with Gasteiger partial charge >= 0.3 is 0 Å². The summed E-state index contributed by atoms with van der Waals surface area (Å²) in [6, 6.07) is 0. The van der Waals surface area contributed by atoms with E-state index in [0.717, 1.165) is 32.5 Å². The highest BCUT2D eigenvalue weighted by atomic mass is 35.5. The molecule has 2 fully saturated rings. The Morgan fingerprint density at radius 2 is 1.82 bits per heavy atom. The molecule has 3 heterocycles. The SMILES string of the molecule is CC1(C)CNC(=O)C2(CCN(c3ncc(Cl)cn3)CC2)NC1. The molecule has 1 aromatic heterocycles. The molecule has 120 valence electrons. The Bertz CT molecular complexity index is 552. The number of piperidine rings is 1. The van der Waals surface area contributed by atoms with Crippen LogP contribution in [0.1, 0.15) is 26.7 Å². The third kappa shape index (κ3) is 3.03. The van der Waals surface area contributed by atoms with E-state index in [1.54, 1.807) is 12.4 Å².